The number of rotatable bonds is 7. The van der Waals surface area contributed by atoms with Gasteiger partial charge in [-0.2, -0.15) is 0 Å². The minimum Gasteiger partial charge on any atom is -0.493 e. The molecule has 0 unspecified atom stereocenters. The molecule has 0 saturated carbocycles. The van der Waals surface area contributed by atoms with Crippen LogP contribution in [0.3, 0.4) is 0 Å². The predicted octanol–water partition coefficient (Wildman–Crippen LogP) is 1.60. The molecule has 0 aromatic heterocycles. The maximum Gasteiger partial charge on any atom is 0.341 e. The lowest BCUT2D eigenvalue weighted by atomic mass is 10.2. The third-order valence-electron chi connectivity index (χ3n) is 2.31. The molecule has 0 atom stereocenters. The van der Waals surface area contributed by atoms with Gasteiger partial charge in [0.2, 0.25) is 0 Å². The van der Waals surface area contributed by atoms with Crippen molar-refractivity contribution in [3.8, 4) is 5.75 Å². The number of esters is 1. The number of unbranched alkanes of at least 4 members (excludes halogenated alkanes) is 1. The van der Waals surface area contributed by atoms with Crippen molar-refractivity contribution >= 4 is 11.7 Å². The van der Waals surface area contributed by atoms with Crippen molar-refractivity contribution < 1.29 is 19.4 Å². The second kappa shape index (κ2) is 7.55. The average Bonchev–Trinajstić information content (AvgIpc) is 2.36. The molecule has 1 rings (SSSR count). The van der Waals surface area contributed by atoms with Gasteiger partial charge in [-0.15, -0.1) is 0 Å². The lowest BCUT2D eigenvalue weighted by Crippen LogP contribution is -2.09. The van der Waals surface area contributed by atoms with E-state index in [4.69, 9.17) is 20.3 Å². The fraction of sp³-hybridized carbons (Fsp3) is 0.462. The smallest absolute Gasteiger partial charge is 0.341 e. The Morgan fingerprint density at radius 2 is 2.17 bits per heavy atom. The summed E-state index contributed by atoms with van der Waals surface area (Å²) < 4.78 is 10.4. The number of ether oxygens (including phenoxy) is 2. The van der Waals surface area contributed by atoms with Crippen molar-refractivity contribution in [2.75, 3.05) is 25.6 Å². The molecule has 18 heavy (non-hydrogen) atoms. The summed E-state index contributed by atoms with van der Waals surface area (Å²) in [5.74, 6) is 0.0162. The van der Waals surface area contributed by atoms with Crippen LogP contribution in [0.25, 0.3) is 0 Å². The summed E-state index contributed by atoms with van der Waals surface area (Å²) in [6.45, 7) is 2.62. The van der Waals surface area contributed by atoms with Gasteiger partial charge in [0.1, 0.15) is 11.3 Å². The van der Waals surface area contributed by atoms with Crippen LogP contribution in [0.15, 0.2) is 18.2 Å². The van der Waals surface area contributed by atoms with E-state index in [0.717, 1.165) is 6.42 Å². The van der Waals surface area contributed by atoms with Gasteiger partial charge >= 0.3 is 5.97 Å². The fourth-order valence-electron chi connectivity index (χ4n) is 1.44. The Morgan fingerprint density at radius 1 is 1.39 bits per heavy atom. The predicted molar refractivity (Wildman–Crippen MR) is 68.6 cm³/mol. The SMILES string of the molecule is CCOC(=O)c1cc(N)ccc1OCCCCO. The standard InChI is InChI=1S/C13H19NO4/c1-2-17-13(16)11-9-10(14)5-6-12(11)18-8-4-3-7-15/h5-6,9,15H,2-4,7-8,14H2,1H3. The second-order valence-electron chi connectivity index (χ2n) is 3.76. The van der Waals surface area contributed by atoms with E-state index in [0.29, 0.717) is 36.6 Å². The maximum absolute atomic E-state index is 11.7. The molecule has 0 amide bonds. The summed E-state index contributed by atoms with van der Waals surface area (Å²) in [6, 6.07) is 4.87. The third-order valence-corrected chi connectivity index (χ3v) is 2.31. The summed E-state index contributed by atoms with van der Waals surface area (Å²) in [4.78, 5) is 11.7. The summed E-state index contributed by atoms with van der Waals surface area (Å²) in [5.41, 5.74) is 6.46. The average molecular weight is 253 g/mol. The summed E-state index contributed by atoms with van der Waals surface area (Å²) in [5, 5.41) is 8.67. The van der Waals surface area contributed by atoms with E-state index in [2.05, 4.69) is 0 Å². The van der Waals surface area contributed by atoms with Gasteiger partial charge in [0.05, 0.1) is 13.2 Å². The van der Waals surface area contributed by atoms with E-state index >= 15 is 0 Å². The number of aliphatic hydroxyl groups is 1. The number of carbonyl (C=O) groups excluding carboxylic acids is 1. The largest absolute Gasteiger partial charge is 0.493 e. The number of benzene rings is 1. The van der Waals surface area contributed by atoms with E-state index in [1.165, 1.54) is 0 Å². The molecule has 0 fully saturated rings. The Morgan fingerprint density at radius 3 is 2.83 bits per heavy atom. The molecule has 1 aromatic rings. The zero-order valence-corrected chi connectivity index (χ0v) is 10.5. The third kappa shape index (κ3) is 4.25. The van der Waals surface area contributed by atoms with Crippen molar-refractivity contribution in [1.82, 2.24) is 0 Å². The van der Waals surface area contributed by atoms with E-state index in [-0.39, 0.29) is 6.61 Å². The first-order valence-electron chi connectivity index (χ1n) is 5.99. The highest BCUT2D eigenvalue weighted by Gasteiger charge is 2.14. The first kappa shape index (κ1) is 14.3. The Balaban J connectivity index is 2.73. The first-order chi connectivity index (χ1) is 8.69. The van der Waals surface area contributed by atoms with Crippen molar-refractivity contribution in [3.05, 3.63) is 23.8 Å². The van der Waals surface area contributed by atoms with Gasteiger partial charge in [-0.1, -0.05) is 0 Å². The zero-order chi connectivity index (χ0) is 13.4. The Kier molecular flexibility index (Phi) is 6.00. The van der Waals surface area contributed by atoms with Crippen LogP contribution in [0.4, 0.5) is 5.69 Å². The Hall–Kier alpha value is -1.75. The highest BCUT2D eigenvalue weighted by Crippen LogP contribution is 2.22. The van der Waals surface area contributed by atoms with Gasteiger partial charge in [0.25, 0.3) is 0 Å². The fourth-order valence-corrected chi connectivity index (χ4v) is 1.44. The van der Waals surface area contributed by atoms with Crippen molar-refractivity contribution in [3.63, 3.8) is 0 Å². The van der Waals surface area contributed by atoms with Crippen LogP contribution in [-0.2, 0) is 4.74 Å². The Bertz CT molecular complexity index is 393. The molecular formula is C13H19NO4. The monoisotopic (exact) mass is 253 g/mol. The van der Waals surface area contributed by atoms with Gasteiger partial charge in [0.15, 0.2) is 0 Å². The molecule has 5 heteroatoms. The quantitative estimate of drug-likeness (QED) is 0.438. The van der Waals surface area contributed by atoms with Crippen LogP contribution < -0.4 is 10.5 Å². The number of carbonyl (C=O) groups is 1. The van der Waals surface area contributed by atoms with Crippen LogP contribution in [0, 0.1) is 0 Å². The lowest BCUT2D eigenvalue weighted by molar-refractivity contribution is 0.0521. The van der Waals surface area contributed by atoms with E-state index in [1.54, 1.807) is 25.1 Å². The number of aliphatic hydroxyl groups excluding tert-OH is 1. The zero-order valence-electron chi connectivity index (χ0n) is 10.5. The summed E-state index contributed by atoms with van der Waals surface area (Å²) in [7, 11) is 0. The van der Waals surface area contributed by atoms with Crippen molar-refractivity contribution in [2.45, 2.75) is 19.8 Å². The lowest BCUT2D eigenvalue weighted by Gasteiger charge is -2.11. The van der Waals surface area contributed by atoms with Gasteiger partial charge in [-0.3, -0.25) is 0 Å². The highest BCUT2D eigenvalue weighted by molar-refractivity contribution is 5.93. The van der Waals surface area contributed by atoms with Crippen molar-refractivity contribution in [1.29, 1.82) is 0 Å². The minimum atomic E-state index is -0.443. The number of nitrogens with two attached hydrogens (primary N) is 1. The van der Waals surface area contributed by atoms with Gasteiger partial charge in [-0.05, 0) is 38.0 Å². The van der Waals surface area contributed by atoms with Crippen molar-refractivity contribution in [2.24, 2.45) is 0 Å². The van der Waals surface area contributed by atoms with Crippen LogP contribution >= 0.6 is 0 Å². The Labute approximate surface area is 107 Å². The molecule has 0 aliphatic heterocycles. The summed E-state index contributed by atoms with van der Waals surface area (Å²) >= 11 is 0. The molecule has 0 aliphatic carbocycles. The van der Waals surface area contributed by atoms with Crippen LogP contribution in [0.1, 0.15) is 30.1 Å². The highest BCUT2D eigenvalue weighted by atomic mass is 16.5. The van der Waals surface area contributed by atoms with E-state index in [9.17, 15) is 4.79 Å². The van der Waals surface area contributed by atoms with Gasteiger partial charge in [0, 0.05) is 12.3 Å². The second-order valence-corrected chi connectivity index (χ2v) is 3.76. The molecule has 0 heterocycles. The van der Waals surface area contributed by atoms with E-state index in [1.807, 2.05) is 0 Å². The molecule has 0 aliphatic rings. The first-order valence-corrected chi connectivity index (χ1v) is 5.99. The minimum absolute atomic E-state index is 0.135. The number of nitrogen functional groups attached to an aromatic ring is 1. The molecule has 100 valence electrons. The molecule has 0 radical (unpaired) electrons. The van der Waals surface area contributed by atoms with Gasteiger partial charge < -0.3 is 20.3 Å². The van der Waals surface area contributed by atoms with Gasteiger partial charge in [-0.25, -0.2) is 4.79 Å². The van der Waals surface area contributed by atoms with Crippen LogP contribution in [0.5, 0.6) is 5.75 Å². The molecule has 0 spiro atoms. The number of hydrogen-bond donors (Lipinski definition) is 2. The molecule has 0 bridgehead atoms. The summed E-state index contributed by atoms with van der Waals surface area (Å²) in [6.07, 6.45) is 1.40. The number of hydrogen-bond acceptors (Lipinski definition) is 5. The topological polar surface area (TPSA) is 81.8 Å². The molecule has 3 N–H and O–H groups in total. The van der Waals surface area contributed by atoms with Crippen LogP contribution in [0.2, 0.25) is 0 Å². The molecular weight excluding hydrogens is 234 g/mol. The maximum atomic E-state index is 11.7. The van der Waals surface area contributed by atoms with Crippen LogP contribution in [-0.4, -0.2) is 30.9 Å². The van der Waals surface area contributed by atoms with E-state index < -0.39 is 5.97 Å². The number of anilines is 1. The normalized spacial score (nSPS) is 10.1. The molecule has 1 aromatic carbocycles. The molecule has 0 saturated heterocycles. The molecule has 5 nitrogen and oxygen atoms in total.